The number of anilines is 1. The molecule has 0 aromatic heterocycles. The van der Waals surface area contributed by atoms with Crippen molar-refractivity contribution in [1.29, 1.82) is 5.26 Å². The van der Waals surface area contributed by atoms with E-state index in [0.717, 1.165) is 5.69 Å². The van der Waals surface area contributed by atoms with Gasteiger partial charge < -0.3 is 10.2 Å². The van der Waals surface area contributed by atoms with Crippen molar-refractivity contribution < 1.29 is 9.59 Å². The van der Waals surface area contributed by atoms with Crippen molar-refractivity contribution in [2.75, 3.05) is 18.0 Å². The Labute approximate surface area is 118 Å². The van der Waals surface area contributed by atoms with E-state index in [1.807, 2.05) is 30.3 Å². The van der Waals surface area contributed by atoms with Gasteiger partial charge in [-0.15, -0.1) is 0 Å². The molecule has 1 N–H and O–H groups in total. The molecule has 2 rings (SSSR count). The number of amides is 2. The molecule has 0 radical (unpaired) electrons. The second-order valence-electron chi connectivity index (χ2n) is 4.77. The third-order valence-electron chi connectivity index (χ3n) is 3.40. The van der Waals surface area contributed by atoms with Crippen molar-refractivity contribution in [1.82, 2.24) is 5.32 Å². The number of benzene rings is 1. The van der Waals surface area contributed by atoms with Crippen LogP contribution in [0, 0.1) is 17.2 Å². The van der Waals surface area contributed by atoms with Crippen LogP contribution in [0.3, 0.4) is 0 Å². The number of hydrogen-bond donors (Lipinski definition) is 1. The number of carbonyl (C=O) groups excluding carboxylic acids is 2. The normalized spacial score (nSPS) is 17.9. The zero-order valence-corrected chi connectivity index (χ0v) is 11.2. The molecular weight excluding hydrogens is 254 g/mol. The van der Waals surface area contributed by atoms with Crippen molar-refractivity contribution in [3.05, 3.63) is 30.3 Å². The maximum Gasteiger partial charge on any atom is 0.231 e. The molecule has 20 heavy (non-hydrogen) atoms. The van der Waals surface area contributed by atoms with Gasteiger partial charge in [0.15, 0.2) is 0 Å². The molecule has 1 aromatic rings. The summed E-state index contributed by atoms with van der Waals surface area (Å²) in [4.78, 5) is 25.4. The Morgan fingerprint density at radius 3 is 2.75 bits per heavy atom. The Morgan fingerprint density at radius 1 is 1.40 bits per heavy atom. The van der Waals surface area contributed by atoms with E-state index >= 15 is 0 Å². The predicted octanol–water partition coefficient (Wildman–Crippen LogP) is 1.46. The number of carbonyl (C=O) groups is 2. The summed E-state index contributed by atoms with van der Waals surface area (Å²) in [5, 5.41) is 11.5. The summed E-state index contributed by atoms with van der Waals surface area (Å²) in [6.07, 6.45) is 1.25. The number of rotatable bonds is 4. The smallest absolute Gasteiger partial charge is 0.231 e. The number of para-hydroxylation sites is 1. The molecule has 1 aliphatic rings. The predicted molar refractivity (Wildman–Crippen MR) is 74.8 cm³/mol. The van der Waals surface area contributed by atoms with Crippen molar-refractivity contribution in [2.45, 2.75) is 19.3 Å². The van der Waals surface area contributed by atoms with Gasteiger partial charge in [0.2, 0.25) is 11.8 Å². The van der Waals surface area contributed by atoms with Gasteiger partial charge in [0.25, 0.3) is 0 Å². The first-order chi connectivity index (χ1) is 9.72. The van der Waals surface area contributed by atoms with Crippen molar-refractivity contribution >= 4 is 17.5 Å². The maximum atomic E-state index is 12.6. The molecular formula is C15H17N3O2. The van der Waals surface area contributed by atoms with Gasteiger partial charge >= 0.3 is 0 Å². The molecule has 5 nitrogen and oxygen atoms in total. The third-order valence-corrected chi connectivity index (χ3v) is 3.40. The van der Waals surface area contributed by atoms with Crippen molar-refractivity contribution in [3.63, 3.8) is 0 Å². The number of piperidine rings is 1. The highest BCUT2D eigenvalue weighted by atomic mass is 16.2. The van der Waals surface area contributed by atoms with Crippen LogP contribution in [0.2, 0.25) is 0 Å². The Hall–Kier alpha value is -2.35. The summed E-state index contributed by atoms with van der Waals surface area (Å²) < 4.78 is 0. The fourth-order valence-electron chi connectivity index (χ4n) is 2.30. The Morgan fingerprint density at radius 2 is 2.15 bits per heavy atom. The summed E-state index contributed by atoms with van der Waals surface area (Å²) in [7, 11) is 0. The fourth-order valence-corrected chi connectivity index (χ4v) is 2.30. The number of hydrogen-bond acceptors (Lipinski definition) is 3. The van der Waals surface area contributed by atoms with Gasteiger partial charge in [-0.25, -0.2) is 0 Å². The molecule has 1 atom stereocenters. The van der Waals surface area contributed by atoms with Gasteiger partial charge in [-0.2, -0.15) is 5.26 Å². The fraction of sp³-hybridized carbons (Fsp3) is 0.400. The standard InChI is InChI=1S/C15H17N3O2/c16-9-4-10-18(13-5-2-1-3-6-13)15(20)12-7-8-14(19)17-11-12/h1-3,5-6,12H,4,7-8,10-11H2,(H,17,19). The van der Waals surface area contributed by atoms with Crippen LogP contribution in [0.5, 0.6) is 0 Å². The Balaban J connectivity index is 2.12. The topological polar surface area (TPSA) is 73.2 Å². The summed E-state index contributed by atoms with van der Waals surface area (Å²) in [6, 6.07) is 11.4. The molecule has 1 fully saturated rings. The third kappa shape index (κ3) is 3.35. The minimum Gasteiger partial charge on any atom is -0.355 e. The van der Waals surface area contributed by atoms with E-state index < -0.39 is 0 Å². The second kappa shape index (κ2) is 6.71. The highest BCUT2D eigenvalue weighted by Gasteiger charge is 2.28. The highest BCUT2D eigenvalue weighted by molar-refractivity contribution is 5.96. The van der Waals surface area contributed by atoms with Gasteiger partial charge in [0.1, 0.15) is 0 Å². The van der Waals surface area contributed by atoms with Gasteiger partial charge in [-0.3, -0.25) is 9.59 Å². The van der Waals surface area contributed by atoms with Crippen molar-refractivity contribution in [3.8, 4) is 6.07 Å². The molecule has 1 unspecified atom stereocenters. The van der Waals surface area contributed by atoms with E-state index in [2.05, 4.69) is 11.4 Å². The Kier molecular flexibility index (Phi) is 4.72. The Bertz CT molecular complexity index is 512. The molecule has 104 valence electrons. The SMILES string of the molecule is N#CCCN(C(=O)C1CCC(=O)NC1)c1ccccc1. The average molecular weight is 271 g/mol. The van der Waals surface area contributed by atoms with Crippen LogP contribution in [-0.2, 0) is 9.59 Å². The van der Waals surface area contributed by atoms with Gasteiger partial charge in [0.05, 0.1) is 18.4 Å². The number of nitrogens with zero attached hydrogens (tertiary/aromatic N) is 2. The van der Waals surface area contributed by atoms with Crippen LogP contribution in [0.25, 0.3) is 0 Å². The quantitative estimate of drug-likeness (QED) is 0.901. The molecule has 5 heteroatoms. The number of nitrogens with one attached hydrogen (secondary N) is 1. The van der Waals surface area contributed by atoms with E-state index in [1.54, 1.807) is 4.90 Å². The second-order valence-corrected chi connectivity index (χ2v) is 4.77. The largest absolute Gasteiger partial charge is 0.355 e. The lowest BCUT2D eigenvalue weighted by molar-refractivity contribution is -0.127. The van der Waals surface area contributed by atoms with Crippen LogP contribution in [0.15, 0.2) is 30.3 Å². The number of nitriles is 1. The lowest BCUT2D eigenvalue weighted by Crippen LogP contribution is -2.45. The summed E-state index contributed by atoms with van der Waals surface area (Å²) in [5.74, 6) is -0.226. The molecule has 0 bridgehead atoms. The van der Waals surface area contributed by atoms with Crippen LogP contribution in [0.4, 0.5) is 5.69 Å². The highest BCUT2D eigenvalue weighted by Crippen LogP contribution is 2.20. The van der Waals surface area contributed by atoms with E-state index in [-0.39, 0.29) is 17.7 Å². The van der Waals surface area contributed by atoms with Crippen LogP contribution >= 0.6 is 0 Å². The molecule has 0 spiro atoms. The zero-order valence-electron chi connectivity index (χ0n) is 11.2. The summed E-state index contributed by atoms with van der Waals surface area (Å²) in [5.41, 5.74) is 0.796. The first kappa shape index (κ1) is 14.1. The van der Waals surface area contributed by atoms with Crippen molar-refractivity contribution in [2.24, 2.45) is 5.92 Å². The van der Waals surface area contributed by atoms with Crippen LogP contribution in [-0.4, -0.2) is 24.9 Å². The minimum absolute atomic E-state index is 0.00247. The molecule has 1 heterocycles. The molecule has 1 aromatic carbocycles. The van der Waals surface area contributed by atoms with Crippen LogP contribution < -0.4 is 10.2 Å². The van der Waals surface area contributed by atoms with E-state index in [9.17, 15) is 9.59 Å². The lowest BCUT2D eigenvalue weighted by atomic mass is 9.97. The monoisotopic (exact) mass is 271 g/mol. The average Bonchev–Trinajstić information content (AvgIpc) is 2.49. The van der Waals surface area contributed by atoms with E-state index in [0.29, 0.717) is 32.4 Å². The lowest BCUT2D eigenvalue weighted by Gasteiger charge is -2.29. The van der Waals surface area contributed by atoms with Gasteiger partial charge in [0, 0.05) is 25.2 Å². The summed E-state index contributed by atoms with van der Waals surface area (Å²) >= 11 is 0. The maximum absolute atomic E-state index is 12.6. The molecule has 0 aliphatic carbocycles. The molecule has 1 saturated heterocycles. The van der Waals surface area contributed by atoms with Crippen LogP contribution in [0.1, 0.15) is 19.3 Å². The molecule has 0 saturated carbocycles. The van der Waals surface area contributed by atoms with E-state index in [4.69, 9.17) is 5.26 Å². The zero-order chi connectivity index (χ0) is 14.4. The first-order valence-electron chi connectivity index (χ1n) is 6.72. The van der Waals surface area contributed by atoms with Gasteiger partial charge in [-0.1, -0.05) is 18.2 Å². The first-order valence-corrected chi connectivity index (χ1v) is 6.72. The van der Waals surface area contributed by atoms with Gasteiger partial charge in [-0.05, 0) is 18.6 Å². The molecule has 1 aliphatic heterocycles. The minimum atomic E-state index is -0.202. The summed E-state index contributed by atoms with van der Waals surface area (Å²) in [6.45, 7) is 0.761. The molecule has 2 amide bonds. The van der Waals surface area contributed by atoms with E-state index in [1.165, 1.54) is 0 Å².